The summed E-state index contributed by atoms with van der Waals surface area (Å²) in [4.78, 5) is 1.60. The van der Waals surface area contributed by atoms with E-state index in [1.807, 2.05) is 0 Å². The largest absolute Gasteiger partial charge is 0.121 e. The second-order valence-electron chi connectivity index (χ2n) is 5.09. The first-order valence-corrected chi connectivity index (χ1v) is 6.91. The van der Waals surface area contributed by atoms with Gasteiger partial charge >= 0.3 is 0 Å². The Bertz CT molecular complexity index is 383. The lowest BCUT2D eigenvalue weighted by Crippen LogP contribution is -2.23. The Morgan fingerprint density at radius 1 is 1.27 bits per heavy atom. The van der Waals surface area contributed by atoms with E-state index in [0.717, 1.165) is 17.1 Å². The van der Waals surface area contributed by atoms with Crippen LogP contribution >= 0.6 is 11.8 Å². The molecule has 1 heteroatoms. The normalized spacial score (nSPS) is 33.6. The number of rotatable bonds is 0. The van der Waals surface area contributed by atoms with Crippen LogP contribution in [0.15, 0.2) is 23.1 Å². The zero-order chi connectivity index (χ0) is 10.4. The molecule has 1 aliphatic heterocycles. The standard InChI is InChI=1S/C14H18S/c1-9-5-3-7-11-12-8-4-6-10(2)14(12)15-13(9)11/h3,5,7,10,12,14H,4,6,8H2,1-2H3. The van der Waals surface area contributed by atoms with Crippen LogP contribution in [0.3, 0.4) is 0 Å². The molecule has 0 nitrogen and oxygen atoms in total. The maximum Gasteiger partial charge on any atom is 0.0189 e. The molecule has 0 saturated heterocycles. The van der Waals surface area contributed by atoms with Crippen LogP contribution in [0.1, 0.15) is 43.2 Å². The van der Waals surface area contributed by atoms with Crippen molar-refractivity contribution in [3.8, 4) is 0 Å². The van der Waals surface area contributed by atoms with E-state index in [-0.39, 0.29) is 0 Å². The average molecular weight is 218 g/mol. The van der Waals surface area contributed by atoms with Crippen molar-refractivity contribution in [1.29, 1.82) is 0 Å². The van der Waals surface area contributed by atoms with Crippen LogP contribution in [0.25, 0.3) is 0 Å². The molecular weight excluding hydrogens is 200 g/mol. The summed E-state index contributed by atoms with van der Waals surface area (Å²) in [6, 6.07) is 6.85. The van der Waals surface area contributed by atoms with Gasteiger partial charge in [-0.15, -0.1) is 11.8 Å². The monoisotopic (exact) mass is 218 g/mol. The van der Waals surface area contributed by atoms with Crippen LogP contribution in [0.4, 0.5) is 0 Å². The molecule has 0 N–H and O–H groups in total. The minimum Gasteiger partial charge on any atom is -0.121 e. The predicted molar refractivity (Wildman–Crippen MR) is 66.6 cm³/mol. The molecule has 0 aromatic heterocycles. The first-order chi connectivity index (χ1) is 7.27. The van der Waals surface area contributed by atoms with Gasteiger partial charge in [0, 0.05) is 10.1 Å². The molecule has 1 aromatic carbocycles. The fourth-order valence-electron chi connectivity index (χ4n) is 3.18. The number of hydrogen-bond acceptors (Lipinski definition) is 1. The highest BCUT2D eigenvalue weighted by molar-refractivity contribution is 8.00. The van der Waals surface area contributed by atoms with Crippen molar-refractivity contribution in [2.75, 3.05) is 0 Å². The molecule has 15 heavy (non-hydrogen) atoms. The van der Waals surface area contributed by atoms with Crippen molar-refractivity contribution in [3.05, 3.63) is 29.3 Å². The summed E-state index contributed by atoms with van der Waals surface area (Å²) >= 11 is 2.15. The molecule has 1 fully saturated rings. The van der Waals surface area contributed by atoms with Crippen LogP contribution in [-0.4, -0.2) is 5.25 Å². The smallest absolute Gasteiger partial charge is 0.0189 e. The zero-order valence-corrected chi connectivity index (χ0v) is 10.3. The Labute approximate surface area is 96.5 Å². The number of benzene rings is 1. The van der Waals surface area contributed by atoms with Crippen molar-refractivity contribution in [2.45, 2.75) is 49.2 Å². The maximum atomic E-state index is 2.44. The van der Waals surface area contributed by atoms with Gasteiger partial charge in [-0.2, -0.15) is 0 Å². The lowest BCUT2D eigenvalue weighted by Gasteiger charge is -2.30. The van der Waals surface area contributed by atoms with Gasteiger partial charge in [-0.25, -0.2) is 0 Å². The summed E-state index contributed by atoms with van der Waals surface area (Å²) in [5.74, 6) is 1.76. The van der Waals surface area contributed by atoms with Gasteiger partial charge in [-0.05, 0) is 42.7 Å². The Balaban J connectivity index is 2.04. The third kappa shape index (κ3) is 1.44. The fraction of sp³-hybridized carbons (Fsp3) is 0.571. The van der Waals surface area contributed by atoms with Crippen molar-refractivity contribution in [2.24, 2.45) is 5.92 Å². The van der Waals surface area contributed by atoms with Gasteiger partial charge in [-0.1, -0.05) is 31.5 Å². The third-order valence-electron chi connectivity index (χ3n) is 4.03. The minimum atomic E-state index is 0.855. The first kappa shape index (κ1) is 9.77. The number of thioether (sulfide) groups is 1. The molecule has 1 aromatic rings. The molecule has 0 spiro atoms. The van der Waals surface area contributed by atoms with E-state index in [9.17, 15) is 0 Å². The van der Waals surface area contributed by atoms with E-state index in [1.165, 1.54) is 24.8 Å². The summed E-state index contributed by atoms with van der Waals surface area (Å²) in [6.45, 7) is 4.69. The third-order valence-corrected chi connectivity index (χ3v) is 5.89. The van der Waals surface area contributed by atoms with E-state index in [0.29, 0.717) is 0 Å². The summed E-state index contributed by atoms with van der Waals surface area (Å²) < 4.78 is 0. The predicted octanol–water partition coefficient (Wildman–Crippen LogP) is 4.37. The molecule has 1 saturated carbocycles. The van der Waals surface area contributed by atoms with E-state index in [2.05, 4.69) is 43.8 Å². The van der Waals surface area contributed by atoms with Crippen molar-refractivity contribution < 1.29 is 0 Å². The van der Waals surface area contributed by atoms with Crippen LogP contribution < -0.4 is 0 Å². The quantitative estimate of drug-likeness (QED) is 0.623. The molecule has 3 atom stereocenters. The highest BCUT2D eigenvalue weighted by Crippen LogP contribution is 2.54. The van der Waals surface area contributed by atoms with Gasteiger partial charge in [0.1, 0.15) is 0 Å². The summed E-state index contributed by atoms with van der Waals surface area (Å²) in [7, 11) is 0. The molecule has 0 radical (unpaired) electrons. The Morgan fingerprint density at radius 3 is 3.00 bits per heavy atom. The highest BCUT2D eigenvalue weighted by Gasteiger charge is 2.39. The van der Waals surface area contributed by atoms with E-state index < -0.39 is 0 Å². The van der Waals surface area contributed by atoms with Gasteiger partial charge in [0.15, 0.2) is 0 Å². The molecule has 1 heterocycles. The van der Waals surface area contributed by atoms with E-state index >= 15 is 0 Å². The van der Waals surface area contributed by atoms with Crippen LogP contribution in [0, 0.1) is 12.8 Å². The second kappa shape index (κ2) is 3.55. The molecule has 0 amide bonds. The number of hydrogen-bond donors (Lipinski definition) is 0. The Morgan fingerprint density at radius 2 is 2.13 bits per heavy atom. The van der Waals surface area contributed by atoms with Gasteiger partial charge in [0.05, 0.1) is 0 Å². The van der Waals surface area contributed by atoms with Crippen LogP contribution in [0.5, 0.6) is 0 Å². The highest BCUT2D eigenvalue weighted by atomic mass is 32.2. The van der Waals surface area contributed by atoms with Gasteiger partial charge in [0.25, 0.3) is 0 Å². The first-order valence-electron chi connectivity index (χ1n) is 6.03. The van der Waals surface area contributed by atoms with Gasteiger partial charge < -0.3 is 0 Å². The lowest BCUT2D eigenvalue weighted by molar-refractivity contribution is 0.361. The molecule has 1 aliphatic carbocycles. The van der Waals surface area contributed by atoms with E-state index in [4.69, 9.17) is 0 Å². The summed E-state index contributed by atoms with van der Waals surface area (Å²) in [5, 5.41) is 0.870. The van der Waals surface area contributed by atoms with Crippen molar-refractivity contribution in [1.82, 2.24) is 0 Å². The summed E-state index contributed by atoms with van der Waals surface area (Å²) in [6.07, 6.45) is 4.27. The molecule has 3 unspecified atom stereocenters. The number of fused-ring (bicyclic) bond motifs is 3. The molecule has 2 aliphatic rings. The molecule has 3 rings (SSSR count). The Hall–Kier alpha value is -0.430. The number of aryl methyl sites for hydroxylation is 1. The second-order valence-corrected chi connectivity index (χ2v) is 6.28. The van der Waals surface area contributed by atoms with Crippen LogP contribution in [0.2, 0.25) is 0 Å². The minimum absolute atomic E-state index is 0.855. The SMILES string of the molecule is Cc1cccc2c1SC1C(C)CCCC21. The molecule has 80 valence electrons. The topological polar surface area (TPSA) is 0 Å². The van der Waals surface area contributed by atoms with Gasteiger partial charge in [0.2, 0.25) is 0 Å². The Kier molecular flexibility index (Phi) is 2.31. The zero-order valence-electron chi connectivity index (χ0n) is 9.49. The molecular formula is C14H18S. The van der Waals surface area contributed by atoms with Crippen molar-refractivity contribution >= 4 is 11.8 Å². The van der Waals surface area contributed by atoms with Crippen LogP contribution in [-0.2, 0) is 0 Å². The average Bonchev–Trinajstić information content (AvgIpc) is 2.60. The van der Waals surface area contributed by atoms with E-state index in [1.54, 1.807) is 10.5 Å². The van der Waals surface area contributed by atoms with Crippen molar-refractivity contribution in [3.63, 3.8) is 0 Å². The summed E-state index contributed by atoms with van der Waals surface area (Å²) in [5.41, 5.74) is 3.13. The molecule has 0 bridgehead atoms. The lowest BCUT2D eigenvalue weighted by atomic mass is 9.78. The van der Waals surface area contributed by atoms with Gasteiger partial charge in [-0.3, -0.25) is 0 Å². The fourth-order valence-corrected chi connectivity index (χ4v) is 4.88. The maximum absolute atomic E-state index is 2.44.